The van der Waals surface area contributed by atoms with Crippen molar-refractivity contribution in [2.24, 2.45) is 0 Å². The second kappa shape index (κ2) is 13.1. The Morgan fingerprint density at radius 1 is 1.06 bits per heavy atom. The lowest BCUT2D eigenvalue weighted by atomic mass is 10.1. The first-order valence-electron chi connectivity index (χ1n) is 14.9. The van der Waals surface area contributed by atoms with Crippen LogP contribution in [0.15, 0.2) is 53.5 Å². The van der Waals surface area contributed by atoms with Crippen molar-refractivity contribution in [3.05, 3.63) is 70.3 Å². The number of nitrogens with one attached hydrogen (secondary N) is 1. The maximum Gasteiger partial charge on any atom is 0.363 e. The highest BCUT2D eigenvalue weighted by molar-refractivity contribution is 8.00. The Kier molecular flexibility index (Phi) is 9.15. The van der Waals surface area contributed by atoms with E-state index in [0.29, 0.717) is 59.7 Å². The summed E-state index contributed by atoms with van der Waals surface area (Å²) in [6, 6.07) is 10.2. The molecular formula is C30H32FN5O9S2. The number of benzene rings is 2. The summed E-state index contributed by atoms with van der Waals surface area (Å²) >= 11 is 1.10. The van der Waals surface area contributed by atoms with Gasteiger partial charge in [0.15, 0.2) is 6.61 Å². The highest BCUT2D eigenvalue weighted by Crippen LogP contribution is 2.38. The molecule has 2 atom stereocenters. The summed E-state index contributed by atoms with van der Waals surface area (Å²) in [6.45, 7) is 2.07. The van der Waals surface area contributed by atoms with E-state index < -0.39 is 50.7 Å². The largest absolute Gasteiger partial charge is 0.484 e. The summed E-state index contributed by atoms with van der Waals surface area (Å²) < 4.78 is 56.2. The van der Waals surface area contributed by atoms with Crippen LogP contribution < -0.4 is 20.4 Å². The van der Waals surface area contributed by atoms with Gasteiger partial charge >= 0.3 is 16.3 Å². The number of carboxylic acids is 1. The molecule has 1 aromatic heterocycles. The number of anilines is 1. The number of hydrogen-bond donors (Lipinski definition) is 3. The van der Waals surface area contributed by atoms with Gasteiger partial charge in [-0.15, -0.1) is 11.8 Å². The molecule has 3 aliphatic rings. The van der Waals surface area contributed by atoms with Gasteiger partial charge in [0.05, 0.1) is 11.2 Å². The molecule has 2 aromatic carbocycles. The molecule has 6 rings (SSSR count). The van der Waals surface area contributed by atoms with Crippen molar-refractivity contribution < 1.29 is 41.6 Å². The average Bonchev–Trinajstić information content (AvgIpc) is 3.88. The van der Waals surface area contributed by atoms with Crippen molar-refractivity contribution in [1.82, 2.24) is 19.1 Å². The molecular weight excluding hydrogens is 657 g/mol. The second-order valence-corrected chi connectivity index (χ2v) is 14.0. The van der Waals surface area contributed by atoms with Crippen LogP contribution in [0.1, 0.15) is 29.2 Å². The Labute approximate surface area is 272 Å². The molecule has 3 fully saturated rings. The third-order valence-corrected chi connectivity index (χ3v) is 10.6. The van der Waals surface area contributed by atoms with Crippen LogP contribution in [0.5, 0.6) is 5.75 Å². The predicted octanol–water partition coefficient (Wildman–Crippen LogP) is 1.56. The quantitative estimate of drug-likeness (QED) is 0.185. The number of para-hydroxylation sites is 1. The highest BCUT2D eigenvalue weighted by Gasteiger charge is 2.54. The fourth-order valence-corrected chi connectivity index (χ4v) is 8.24. The van der Waals surface area contributed by atoms with E-state index in [0.717, 1.165) is 30.7 Å². The minimum absolute atomic E-state index is 0.0281. The van der Waals surface area contributed by atoms with Crippen LogP contribution in [-0.2, 0) is 19.9 Å². The maximum atomic E-state index is 15.3. The molecule has 3 heterocycles. The molecule has 14 nitrogen and oxygen atoms in total. The van der Waals surface area contributed by atoms with Gasteiger partial charge in [0.1, 0.15) is 28.5 Å². The predicted molar refractivity (Wildman–Crippen MR) is 171 cm³/mol. The minimum Gasteiger partial charge on any atom is -0.484 e. The number of nitrogens with zero attached hydrogens (tertiary/aromatic N) is 4. The van der Waals surface area contributed by atoms with Crippen molar-refractivity contribution in [1.29, 1.82) is 0 Å². The normalized spacial score (nSPS) is 20.3. The van der Waals surface area contributed by atoms with E-state index in [-0.39, 0.29) is 23.6 Å². The van der Waals surface area contributed by atoms with Gasteiger partial charge in [-0.25, -0.2) is 9.18 Å². The Morgan fingerprint density at radius 3 is 2.40 bits per heavy atom. The van der Waals surface area contributed by atoms with E-state index in [9.17, 15) is 37.3 Å². The Morgan fingerprint density at radius 2 is 1.77 bits per heavy atom. The van der Waals surface area contributed by atoms with Crippen molar-refractivity contribution in [2.45, 2.75) is 30.3 Å². The van der Waals surface area contributed by atoms with E-state index in [2.05, 4.69) is 10.2 Å². The average molecular weight is 690 g/mol. The molecule has 17 heteroatoms. The molecule has 2 aliphatic heterocycles. The fraction of sp³-hybridized carbons (Fsp3) is 0.400. The van der Waals surface area contributed by atoms with E-state index >= 15 is 4.39 Å². The van der Waals surface area contributed by atoms with Crippen molar-refractivity contribution >= 4 is 56.4 Å². The number of amides is 2. The number of β-lactam (4-membered cyclic amide) rings is 1. The molecule has 3 N–H and O–H groups in total. The third kappa shape index (κ3) is 6.93. The van der Waals surface area contributed by atoms with Crippen molar-refractivity contribution in [3.8, 4) is 5.75 Å². The van der Waals surface area contributed by atoms with Crippen LogP contribution in [0.2, 0.25) is 0 Å². The molecule has 1 aliphatic carbocycles. The van der Waals surface area contributed by atoms with Crippen molar-refractivity contribution in [3.63, 3.8) is 0 Å². The Balaban J connectivity index is 1.06. The van der Waals surface area contributed by atoms with Crippen molar-refractivity contribution in [2.75, 3.05) is 50.0 Å². The number of piperazine rings is 1. The number of carbonyl (C=O) groups is 3. The number of fused-ring (bicyclic) bond motifs is 1. The smallest absolute Gasteiger partial charge is 0.363 e. The molecule has 0 spiro atoms. The topological polar surface area (TPSA) is 179 Å². The molecule has 0 bridgehead atoms. The zero-order chi connectivity index (χ0) is 33.5. The lowest BCUT2D eigenvalue weighted by molar-refractivity contribution is -0.142. The lowest BCUT2D eigenvalue weighted by Gasteiger charge is -2.44. The molecule has 3 aromatic rings. The van der Waals surface area contributed by atoms with Crippen LogP contribution in [0.4, 0.5) is 10.1 Å². The van der Waals surface area contributed by atoms with Gasteiger partial charge in [-0.05, 0) is 37.1 Å². The SMILES string of the molecule is O=C(COc1ccccc1)NC1C(=O)N(S(=O)(=O)O)C1SCCN1CCN(c2cc3c(cc2F)c(=O)c(C(=O)O)cn3C2CC2)CC1. The van der Waals surface area contributed by atoms with Crippen LogP contribution in [0.25, 0.3) is 10.9 Å². The van der Waals surface area contributed by atoms with Gasteiger partial charge in [-0.1, -0.05) is 18.2 Å². The van der Waals surface area contributed by atoms with Gasteiger partial charge in [-0.3, -0.25) is 23.8 Å². The number of ether oxygens (including phenoxy) is 1. The summed E-state index contributed by atoms with van der Waals surface area (Å²) in [5, 5.41) is 11.0. The fourth-order valence-electron chi connectivity index (χ4n) is 5.78. The lowest BCUT2D eigenvalue weighted by Crippen LogP contribution is -2.71. The number of pyridine rings is 1. The second-order valence-electron chi connectivity index (χ2n) is 11.5. The first-order chi connectivity index (χ1) is 22.4. The zero-order valence-electron chi connectivity index (χ0n) is 25.0. The number of halogens is 1. The number of hydrogen-bond acceptors (Lipinski definition) is 10. The molecule has 0 radical (unpaired) electrons. The van der Waals surface area contributed by atoms with Crippen LogP contribution >= 0.6 is 11.8 Å². The monoisotopic (exact) mass is 689 g/mol. The van der Waals surface area contributed by atoms with E-state index in [1.807, 2.05) is 4.90 Å². The summed E-state index contributed by atoms with van der Waals surface area (Å²) in [4.78, 5) is 53.3. The molecule has 1 saturated carbocycles. The van der Waals surface area contributed by atoms with Gasteiger partial charge in [-0.2, -0.15) is 12.7 Å². The minimum atomic E-state index is -4.84. The summed E-state index contributed by atoms with van der Waals surface area (Å²) in [6.07, 6.45) is 3.02. The first kappa shape index (κ1) is 32.7. The number of aromatic nitrogens is 1. The highest BCUT2D eigenvalue weighted by atomic mass is 32.2. The first-order valence-corrected chi connectivity index (χ1v) is 17.4. The number of carbonyl (C=O) groups excluding carboxylic acids is 2. The molecule has 250 valence electrons. The van der Waals surface area contributed by atoms with E-state index in [1.54, 1.807) is 41.0 Å². The van der Waals surface area contributed by atoms with Gasteiger partial charge in [0.2, 0.25) is 5.43 Å². The van der Waals surface area contributed by atoms with Gasteiger partial charge in [0, 0.05) is 56.1 Å². The van der Waals surface area contributed by atoms with Crippen LogP contribution in [0.3, 0.4) is 0 Å². The molecule has 2 unspecified atom stereocenters. The standard InChI is InChI=1S/C30H32FN5O9S2/c31-22-14-20-23(35(18-6-7-18)16-21(27(20)38)30(40)41)15-24(22)34-10-8-33(9-11-34)12-13-46-29-26(28(39)36(29)47(42,43)44)32-25(37)17-45-19-4-2-1-3-5-19/h1-5,14-16,18,26,29H,6-13,17H2,(H,32,37)(H,40,41)(H,42,43,44). The number of rotatable bonds is 12. The Hall–Kier alpha value is -4.19. The summed E-state index contributed by atoms with van der Waals surface area (Å²) in [7, 11) is -4.84. The van der Waals surface area contributed by atoms with Crippen LogP contribution in [0, 0.1) is 5.82 Å². The molecule has 2 saturated heterocycles. The number of carboxylic acid groups (broad SMARTS) is 1. The van der Waals surface area contributed by atoms with E-state index in [1.165, 1.54) is 6.20 Å². The molecule has 47 heavy (non-hydrogen) atoms. The van der Waals surface area contributed by atoms with Crippen LogP contribution in [-0.4, -0.2) is 106 Å². The van der Waals surface area contributed by atoms with E-state index in [4.69, 9.17) is 4.74 Å². The maximum absolute atomic E-state index is 15.3. The summed E-state index contributed by atoms with van der Waals surface area (Å²) in [5.41, 5.74) is -0.306. The number of thioether (sulfide) groups is 1. The van der Waals surface area contributed by atoms with Gasteiger partial charge in [0.25, 0.3) is 11.8 Å². The zero-order valence-corrected chi connectivity index (χ0v) is 26.6. The molecule has 2 amide bonds. The number of aromatic carboxylic acids is 1. The Bertz CT molecular complexity index is 1880. The third-order valence-electron chi connectivity index (χ3n) is 8.36. The van der Waals surface area contributed by atoms with Gasteiger partial charge < -0.3 is 24.6 Å². The summed E-state index contributed by atoms with van der Waals surface area (Å²) in [5.74, 6) is -2.74.